The standard InChI is InChI=1S/C19H25N7O/c20-13-14-12-15(4-5-16(14)25-8-10-27-11-9-25)26-18(22)23-17(21)24-19(26)6-2-1-3-7-19/h4-5,12H,1-3,6-11H2,(H4,21,22,23,24). The molecule has 1 saturated carbocycles. The fourth-order valence-electron chi connectivity index (χ4n) is 4.33. The Balaban J connectivity index is 1.73. The molecule has 0 bridgehead atoms. The number of rotatable bonds is 2. The smallest absolute Gasteiger partial charge is 0.220 e. The molecular formula is C19H25N7O. The van der Waals surface area contributed by atoms with Crippen molar-refractivity contribution in [2.24, 2.45) is 21.5 Å². The lowest BCUT2D eigenvalue weighted by molar-refractivity contribution is 0.122. The Bertz CT molecular complexity index is 814. The second-order valence-corrected chi connectivity index (χ2v) is 7.23. The van der Waals surface area contributed by atoms with E-state index in [1.807, 2.05) is 23.1 Å². The number of hydrogen-bond acceptors (Lipinski definition) is 8. The van der Waals surface area contributed by atoms with Gasteiger partial charge in [0.25, 0.3) is 0 Å². The molecule has 8 nitrogen and oxygen atoms in total. The van der Waals surface area contributed by atoms with Gasteiger partial charge in [-0.05, 0) is 43.9 Å². The van der Waals surface area contributed by atoms with Crippen molar-refractivity contribution in [1.29, 1.82) is 5.26 Å². The third kappa shape index (κ3) is 3.19. The van der Waals surface area contributed by atoms with Crippen LogP contribution < -0.4 is 21.3 Å². The molecule has 1 spiro atoms. The second kappa shape index (κ2) is 7.08. The Hall–Kier alpha value is -2.79. The summed E-state index contributed by atoms with van der Waals surface area (Å²) in [7, 11) is 0. The first kappa shape index (κ1) is 17.6. The van der Waals surface area contributed by atoms with Gasteiger partial charge >= 0.3 is 0 Å². The Labute approximate surface area is 159 Å². The van der Waals surface area contributed by atoms with Crippen LogP contribution >= 0.6 is 0 Å². The summed E-state index contributed by atoms with van der Waals surface area (Å²) in [6, 6.07) is 8.22. The van der Waals surface area contributed by atoms with Crippen molar-refractivity contribution in [3.8, 4) is 6.07 Å². The van der Waals surface area contributed by atoms with Crippen molar-refractivity contribution < 1.29 is 4.74 Å². The van der Waals surface area contributed by atoms with Crippen LogP contribution in [0.2, 0.25) is 0 Å². The highest BCUT2D eigenvalue weighted by molar-refractivity contribution is 6.05. The molecule has 1 aromatic carbocycles. The van der Waals surface area contributed by atoms with Gasteiger partial charge in [0.1, 0.15) is 11.7 Å². The monoisotopic (exact) mass is 367 g/mol. The highest BCUT2D eigenvalue weighted by Crippen LogP contribution is 2.40. The van der Waals surface area contributed by atoms with E-state index in [9.17, 15) is 5.26 Å². The van der Waals surface area contributed by atoms with Crippen molar-refractivity contribution in [3.05, 3.63) is 23.8 Å². The number of ether oxygens (including phenoxy) is 1. The molecule has 0 radical (unpaired) electrons. The molecule has 142 valence electrons. The highest BCUT2D eigenvalue weighted by Gasteiger charge is 2.42. The Morgan fingerprint density at radius 2 is 1.85 bits per heavy atom. The van der Waals surface area contributed by atoms with Crippen LogP contribution in [-0.2, 0) is 4.74 Å². The Kier molecular flexibility index (Phi) is 4.62. The van der Waals surface area contributed by atoms with Crippen LogP contribution in [0.25, 0.3) is 0 Å². The maximum absolute atomic E-state index is 9.75. The van der Waals surface area contributed by atoms with Gasteiger partial charge in [0.15, 0.2) is 0 Å². The maximum Gasteiger partial charge on any atom is 0.220 e. The minimum atomic E-state index is -0.499. The lowest BCUT2D eigenvalue weighted by Crippen LogP contribution is -2.58. The first-order valence-electron chi connectivity index (χ1n) is 9.49. The van der Waals surface area contributed by atoms with Crippen molar-refractivity contribution in [2.75, 3.05) is 36.1 Å². The predicted octanol–water partition coefficient (Wildman–Crippen LogP) is 1.50. The summed E-state index contributed by atoms with van der Waals surface area (Å²) in [6.07, 6.45) is 5.06. The molecule has 1 aliphatic carbocycles. The molecule has 0 unspecified atom stereocenters. The second-order valence-electron chi connectivity index (χ2n) is 7.23. The van der Waals surface area contributed by atoms with Crippen LogP contribution in [0.3, 0.4) is 0 Å². The maximum atomic E-state index is 9.75. The number of aliphatic imine (C=N–C) groups is 2. The zero-order valence-corrected chi connectivity index (χ0v) is 15.4. The minimum Gasteiger partial charge on any atom is -0.378 e. The number of benzene rings is 1. The number of nitrogens with two attached hydrogens (primary N) is 2. The van der Waals surface area contributed by atoms with Crippen LogP contribution in [0.4, 0.5) is 11.4 Å². The van der Waals surface area contributed by atoms with E-state index < -0.39 is 5.66 Å². The number of nitrogens with zero attached hydrogens (tertiary/aromatic N) is 5. The van der Waals surface area contributed by atoms with E-state index in [1.165, 1.54) is 6.42 Å². The summed E-state index contributed by atoms with van der Waals surface area (Å²) in [5.74, 6) is 0.573. The van der Waals surface area contributed by atoms with E-state index in [-0.39, 0.29) is 5.96 Å². The SMILES string of the molecule is N#Cc1cc(N2C(N)=NC(N)=NC23CCCCC3)ccc1N1CCOCC1. The highest BCUT2D eigenvalue weighted by atomic mass is 16.5. The van der Waals surface area contributed by atoms with Crippen molar-refractivity contribution in [1.82, 2.24) is 0 Å². The third-order valence-electron chi connectivity index (χ3n) is 5.56. The lowest BCUT2D eigenvalue weighted by Gasteiger charge is -2.45. The fourth-order valence-corrected chi connectivity index (χ4v) is 4.33. The predicted molar refractivity (Wildman–Crippen MR) is 106 cm³/mol. The van der Waals surface area contributed by atoms with Crippen LogP contribution in [0.1, 0.15) is 37.7 Å². The summed E-state index contributed by atoms with van der Waals surface area (Å²) in [5.41, 5.74) is 14.1. The third-order valence-corrected chi connectivity index (χ3v) is 5.56. The molecule has 1 aromatic rings. The summed E-state index contributed by atoms with van der Waals surface area (Å²) >= 11 is 0. The summed E-state index contributed by atoms with van der Waals surface area (Å²) in [5, 5.41) is 9.75. The van der Waals surface area contributed by atoms with Gasteiger partial charge in [-0.15, -0.1) is 0 Å². The minimum absolute atomic E-state index is 0.232. The number of hydrogen-bond donors (Lipinski definition) is 2. The van der Waals surface area contributed by atoms with E-state index >= 15 is 0 Å². The molecule has 0 aromatic heterocycles. The zero-order chi connectivity index (χ0) is 18.9. The van der Waals surface area contributed by atoms with Crippen molar-refractivity contribution in [2.45, 2.75) is 37.8 Å². The number of nitriles is 1. The van der Waals surface area contributed by atoms with Crippen LogP contribution in [0.5, 0.6) is 0 Å². The average Bonchev–Trinajstić information content (AvgIpc) is 2.68. The molecular weight excluding hydrogens is 342 g/mol. The number of morpholine rings is 1. The number of guanidine groups is 2. The van der Waals surface area contributed by atoms with Crippen molar-refractivity contribution in [3.63, 3.8) is 0 Å². The average molecular weight is 367 g/mol. The summed E-state index contributed by atoms with van der Waals surface area (Å²) in [6.45, 7) is 2.92. The van der Waals surface area contributed by atoms with Gasteiger partial charge in [-0.2, -0.15) is 10.3 Å². The summed E-state index contributed by atoms with van der Waals surface area (Å²) < 4.78 is 5.42. The van der Waals surface area contributed by atoms with Crippen molar-refractivity contribution >= 4 is 23.3 Å². The molecule has 4 rings (SSSR count). The molecule has 8 heteroatoms. The van der Waals surface area contributed by atoms with E-state index in [4.69, 9.17) is 21.2 Å². The van der Waals surface area contributed by atoms with E-state index in [0.717, 1.165) is 50.1 Å². The van der Waals surface area contributed by atoms with Crippen LogP contribution in [0.15, 0.2) is 28.2 Å². The quantitative estimate of drug-likeness (QED) is 0.818. The first-order chi connectivity index (χ1) is 13.1. The molecule has 0 amide bonds. The van der Waals surface area contributed by atoms with Gasteiger partial charge in [0.05, 0.1) is 24.5 Å². The lowest BCUT2D eigenvalue weighted by atomic mass is 9.87. The Morgan fingerprint density at radius 1 is 1.11 bits per heavy atom. The molecule has 2 heterocycles. The normalized spacial score (nSPS) is 22.2. The molecule has 27 heavy (non-hydrogen) atoms. The number of anilines is 2. The van der Waals surface area contributed by atoms with Gasteiger partial charge in [-0.1, -0.05) is 6.42 Å². The Morgan fingerprint density at radius 3 is 2.56 bits per heavy atom. The van der Waals surface area contributed by atoms with E-state index in [1.54, 1.807) is 0 Å². The fraction of sp³-hybridized carbons (Fsp3) is 0.526. The van der Waals surface area contributed by atoms with Gasteiger partial charge in [0.2, 0.25) is 11.9 Å². The van der Waals surface area contributed by atoms with Crippen LogP contribution in [-0.4, -0.2) is 43.9 Å². The molecule has 2 aliphatic heterocycles. The summed E-state index contributed by atoms with van der Waals surface area (Å²) in [4.78, 5) is 13.0. The molecule has 1 saturated heterocycles. The van der Waals surface area contributed by atoms with Gasteiger partial charge in [-0.25, -0.2) is 4.99 Å². The van der Waals surface area contributed by atoms with Gasteiger partial charge in [-0.3, -0.25) is 4.90 Å². The molecule has 4 N–H and O–H groups in total. The molecule has 3 aliphatic rings. The molecule has 2 fully saturated rings. The van der Waals surface area contributed by atoms with Gasteiger partial charge < -0.3 is 21.1 Å². The largest absolute Gasteiger partial charge is 0.378 e. The van der Waals surface area contributed by atoms with Gasteiger partial charge in [0, 0.05) is 18.8 Å². The van der Waals surface area contributed by atoms with E-state index in [2.05, 4.69) is 16.0 Å². The topological polar surface area (TPSA) is 116 Å². The van der Waals surface area contributed by atoms with E-state index in [0.29, 0.717) is 24.7 Å². The first-order valence-corrected chi connectivity index (χ1v) is 9.49. The molecule has 0 atom stereocenters. The van der Waals surface area contributed by atoms with Crippen LogP contribution in [0, 0.1) is 11.3 Å². The zero-order valence-electron chi connectivity index (χ0n) is 15.4.